The third-order valence-corrected chi connectivity index (χ3v) is 5.49. The number of halogens is 2. The van der Waals surface area contributed by atoms with Gasteiger partial charge < -0.3 is 16.0 Å². The minimum absolute atomic E-state index is 0.00338. The average Bonchev–Trinajstić information content (AvgIpc) is 3.10. The lowest BCUT2D eigenvalue weighted by Gasteiger charge is -2.24. The molecule has 0 atom stereocenters. The summed E-state index contributed by atoms with van der Waals surface area (Å²) in [7, 11) is 0. The molecule has 0 radical (unpaired) electrons. The van der Waals surface area contributed by atoms with Crippen LogP contribution in [0.4, 0.5) is 10.1 Å². The van der Waals surface area contributed by atoms with E-state index in [0.717, 1.165) is 10.5 Å². The second kappa shape index (κ2) is 10.9. The van der Waals surface area contributed by atoms with Gasteiger partial charge in [-0.05, 0) is 29.8 Å². The lowest BCUT2D eigenvalue weighted by atomic mass is 10.1. The molecule has 174 valence electrons. The Morgan fingerprint density at radius 3 is 2.52 bits per heavy atom. The van der Waals surface area contributed by atoms with Crippen molar-refractivity contribution in [2.24, 2.45) is 0 Å². The molecule has 1 heterocycles. The van der Waals surface area contributed by atoms with Crippen molar-refractivity contribution in [1.82, 2.24) is 15.1 Å². The maximum absolute atomic E-state index is 14.1. The predicted molar refractivity (Wildman–Crippen MR) is 121 cm³/mol. The van der Waals surface area contributed by atoms with Gasteiger partial charge >= 0.3 is 0 Å². The summed E-state index contributed by atoms with van der Waals surface area (Å²) in [5.41, 5.74) is 5.96. The lowest BCUT2D eigenvalue weighted by Crippen LogP contribution is -2.40. The van der Waals surface area contributed by atoms with Crippen LogP contribution >= 0.6 is 11.6 Å². The molecule has 0 bridgehead atoms. The molecule has 3 rings (SSSR count). The Balaban J connectivity index is 1.64. The molecule has 1 saturated heterocycles. The monoisotopic (exact) mass is 474 g/mol. The molecule has 0 aromatic heterocycles. The van der Waals surface area contributed by atoms with Gasteiger partial charge in [-0.2, -0.15) is 0 Å². The summed E-state index contributed by atoms with van der Waals surface area (Å²) in [5.74, 6) is -2.33. The standard InChI is InChI=1S/C23H24ClFN4O4/c24-16-4-1-3-15(13-16)14-28(19(30)9-11-29-20(31)7-8-21(29)32)12-10-27-23(33)17-5-2-6-18(26)22(17)25/h1-6,13H,7-12,14,26H2,(H,27,33). The van der Waals surface area contributed by atoms with Gasteiger partial charge in [-0.25, -0.2) is 4.39 Å². The minimum atomic E-state index is -0.804. The van der Waals surface area contributed by atoms with Crippen molar-refractivity contribution >= 4 is 40.9 Å². The number of benzene rings is 2. The number of rotatable bonds is 9. The molecule has 0 unspecified atom stereocenters. The number of nitrogen functional groups attached to an aromatic ring is 1. The largest absolute Gasteiger partial charge is 0.396 e. The van der Waals surface area contributed by atoms with E-state index in [-0.39, 0.29) is 74.4 Å². The number of likely N-dealkylation sites (tertiary alicyclic amines) is 1. The Morgan fingerprint density at radius 1 is 1.12 bits per heavy atom. The first-order valence-corrected chi connectivity index (χ1v) is 10.8. The molecule has 1 aliphatic heterocycles. The first kappa shape index (κ1) is 24.2. The van der Waals surface area contributed by atoms with Crippen molar-refractivity contribution in [2.75, 3.05) is 25.4 Å². The number of hydrogen-bond acceptors (Lipinski definition) is 5. The number of nitrogens with two attached hydrogens (primary N) is 1. The second-order valence-corrected chi connectivity index (χ2v) is 8.04. The van der Waals surface area contributed by atoms with Crippen molar-refractivity contribution in [1.29, 1.82) is 0 Å². The zero-order valence-electron chi connectivity index (χ0n) is 17.9. The molecule has 33 heavy (non-hydrogen) atoms. The molecule has 1 fully saturated rings. The number of hydrogen-bond donors (Lipinski definition) is 2. The maximum Gasteiger partial charge on any atom is 0.254 e. The second-order valence-electron chi connectivity index (χ2n) is 7.60. The van der Waals surface area contributed by atoms with Gasteiger partial charge in [0.1, 0.15) is 0 Å². The molecule has 1 aliphatic rings. The fourth-order valence-corrected chi connectivity index (χ4v) is 3.72. The van der Waals surface area contributed by atoms with Crippen LogP contribution in [0.15, 0.2) is 42.5 Å². The Labute approximate surface area is 195 Å². The molecule has 2 aromatic carbocycles. The van der Waals surface area contributed by atoms with Gasteiger partial charge in [0.25, 0.3) is 5.91 Å². The Kier molecular flexibility index (Phi) is 8.00. The Morgan fingerprint density at radius 2 is 1.82 bits per heavy atom. The fraction of sp³-hybridized carbons (Fsp3) is 0.304. The molecule has 2 aromatic rings. The summed E-state index contributed by atoms with van der Waals surface area (Å²) in [6.07, 6.45) is 0.271. The van der Waals surface area contributed by atoms with Crippen LogP contribution in [0.25, 0.3) is 0 Å². The van der Waals surface area contributed by atoms with Crippen molar-refractivity contribution in [3.63, 3.8) is 0 Å². The topological polar surface area (TPSA) is 113 Å². The molecular formula is C23H24ClFN4O4. The van der Waals surface area contributed by atoms with Gasteiger partial charge in [0.05, 0.1) is 11.3 Å². The van der Waals surface area contributed by atoms with E-state index in [2.05, 4.69) is 5.32 Å². The summed E-state index contributed by atoms with van der Waals surface area (Å²) in [6, 6.07) is 11.1. The number of nitrogens with zero attached hydrogens (tertiary/aromatic N) is 2. The maximum atomic E-state index is 14.1. The molecule has 0 saturated carbocycles. The SMILES string of the molecule is Nc1cccc(C(=O)NCCN(Cc2cccc(Cl)c2)C(=O)CCN2C(=O)CCC2=O)c1F. The molecule has 3 N–H and O–H groups in total. The van der Waals surface area contributed by atoms with Crippen LogP contribution in [0, 0.1) is 5.82 Å². The van der Waals surface area contributed by atoms with E-state index in [1.807, 2.05) is 0 Å². The Hall–Kier alpha value is -3.46. The first-order chi connectivity index (χ1) is 15.8. The number of nitrogens with one attached hydrogen (secondary N) is 1. The van der Waals surface area contributed by atoms with Crippen LogP contribution in [-0.4, -0.2) is 53.1 Å². The highest BCUT2D eigenvalue weighted by atomic mass is 35.5. The highest BCUT2D eigenvalue weighted by Crippen LogP contribution is 2.16. The molecule has 8 nitrogen and oxygen atoms in total. The number of carbonyl (C=O) groups excluding carboxylic acids is 4. The number of anilines is 1. The number of carbonyl (C=O) groups is 4. The van der Waals surface area contributed by atoms with Gasteiger partial charge in [0.15, 0.2) is 5.82 Å². The summed E-state index contributed by atoms with van der Waals surface area (Å²) in [5, 5.41) is 3.10. The summed E-state index contributed by atoms with van der Waals surface area (Å²) in [4.78, 5) is 51.4. The van der Waals surface area contributed by atoms with Crippen LogP contribution in [0.3, 0.4) is 0 Å². The summed E-state index contributed by atoms with van der Waals surface area (Å²) < 4.78 is 14.1. The smallest absolute Gasteiger partial charge is 0.254 e. The number of amides is 4. The van der Waals surface area contributed by atoms with Crippen LogP contribution in [0.1, 0.15) is 35.2 Å². The predicted octanol–water partition coefficient (Wildman–Crippen LogP) is 2.36. The Bertz CT molecular complexity index is 1060. The zero-order chi connectivity index (χ0) is 24.0. The van der Waals surface area contributed by atoms with Gasteiger partial charge in [0.2, 0.25) is 17.7 Å². The van der Waals surface area contributed by atoms with Gasteiger partial charge in [0, 0.05) is 50.5 Å². The van der Waals surface area contributed by atoms with Crippen LogP contribution in [-0.2, 0) is 20.9 Å². The third-order valence-electron chi connectivity index (χ3n) is 5.26. The van der Waals surface area contributed by atoms with E-state index in [0.29, 0.717) is 5.02 Å². The molecular weight excluding hydrogens is 451 g/mol. The average molecular weight is 475 g/mol. The molecule has 0 aliphatic carbocycles. The number of imide groups is 1. The third kappa shape index (κ3) is 6.29. The van der Waals surface area contributed by atoms with E-state index in [4.69, 9.17) is 17.3 Å². The van der Waals surface area contributed by atoms with Crippen molar-refractivity contribution in [3.05, 3.63) is 64.4 Å². The van der Waals surface area contributed by atoms with Crippen molar-refractivity contribution in [2.45, 2.75) is 25.8 Å². The fourth-order valence-electron chi connectivity index (χ4n) is 3.51. The van der Waals surface area contributed by atoms with E-state index < -0.39 is 11.7 Å². The summed E-state index contributed by atoms with van der Waals surface area (Å²) in [6.45, 7) is 0.400. The van der Waals surface area contributed by atoms with Gasteiger partial charge in [-0.1, -0.05) is 29.8 Å². The molecule has 10 heteroatoms. The molecule has 4 amide bonds. The lowest BCUT2D eigenvalue weighted by molar-refractivity contribution is -0.139. The van der Waals surface area contributed by atoms with Gasteiger partial charge in [-0.3, -0.25) is 24.1 Å². The quantitative estimate of drug-likeness (QED) is 0.428. The highest BCUT2D eigenvalue weighted by molar-refractivity contribution is 6.30. The van der Waals surface area contributed by atoms with Gasteiger partial charge in [-0.15, -0.1) is 0 Å². The van der Waals surface area contributed by atoms with Crippen LogP contribution in [0.2, 0.25) is 5.02 Å². The van der Waals surface area contributed by atoms with Crippen LogP contribution < -0.4 is 11.1 Å². The summed E-state index contributed by atoms with van der Waals surface area (Å²) >= 11 is 6.04. The van der Waals surface area contributed by atoms with E-state index >= 15 is 0 Å². The molecule has 0 spiro atoms. The van der Waals surface area contributed by atoms with Crippen molar-refractivity contribution in [3.8, 4) is 0 Å². The first-order valence-electron chi connectivity index (χ1n) is 10.4. The van der Waals surface area contributed by atoms with Crippen LogP contribution in [0.5, 0.6) is 0 Å². The highest BCUT2D eigenvalue weighted by Gasteiger charge is 2.29. The van der Waals surface area contributed by atoms with E-state index in [1.165, 1.54) is 23.1 Å². The van der Waals surface area contributed by atoms with E-state index in [9.17, 15) is 23.6 Å². The van der Waals surface area contributed by atoms with Crippen molar-refractivity contribution < 1.29 is 23.6 Å². The zero-order valence-corrected chi connectivity index (χ0v) is 18.6. The minimum Gasteiger partial charge on any atom is -0.396 e. The normalized spacial score (nSPS) is 13.3. The van der Waals surface area contributed by atoms with E-state index in [1.54, 1.807) is 24.3 Å².